The lowest BCUT2D eigenvalue weighted by Gasteiger charge is -2.15. The molecule has 4 heteroatoms. The number of rotatable bonds is 2. The number of aliphatic hydroxyl groups is 1. The first-order valence-electron chi connectivity index (χ1n) is 4.08. The summed E-state index contributed by atoms with van der Waals surface area (Å²) in [6.07, 6.45) is 0.708. The van der Waals surface area contributed by atoms with Gasteiger partial charge in [0.05, 0.1) is 7.11 Å². The first-order chi connectivity index (χ1) is 5.69. The molecule has 1 saturated heterocycles. The van der Waals surface area contributed by atoms with E-state index in [1.807, 2.05) is 11.9 Å². The second-order valence-corrected chi connectivity index (χ2v) is 3.26. The number of hydrogen-bond acceptors (Lipinski definition) is 4. The van der Waals surface area contributed by atoms with Crippen molar-refractivity contribution in [1.29, 1.82) is 0 Å². The fraction of sp³-hybridized carbons (Fsp3) is 0.875. The summed E-state index contributed by atoms with van der Waals surface area (Å²) in [6, 6.07) is -0.160. The highest BCUT2D eigenvalue weighted by Gasteiger charge is 2.34. The SMILES string of the molecule is COC(=O)[C@@H]1CC(CO)CN1C. The van der Waals surface area contributed by atoms with Gasteiger partial charge >= 0.3 is 5.97 Å². The lowest BCUT2D eigenvalue weighted by atomic mass is 10.1. The quantitative estimate of drug-likeness (QED) is 0.570. The number of esters is 1. The zero-order chi connectivity index (χ0) is 9.14. The highest BCUT2D eigenvalue weighted by atomic mass is 16.5. The van der Waals surface area contributed by atoms with Crippen LogP contribution in [0.1, 0.15) is 6.42 Å². The predicted molar refractivity (Wildman–Crippen MR) is 43.6 cm³/mol. The molecule has 12 heavy (non-hydrogen) atoms. The van der Waals surface area contributed by atoms with Crippen LogP contribution in [0.5, 0.6) is 0 Å². The number of likely N-dealkylation sites (tertiary alicyclic amines) is 1. The molecule has 2 atom stereocenters. The summed E-state index contributed by atoms with van der Waals surface area (Å²) in [5, 5.41) is 8.88. The summed E-state index contributed by atoms with van der Waals surface area (Å²) in [5.74, 6) is 0.0209. The molecule has 0 aromatic heterocycles. The molecule has 0 aromatic rings. The molecule has 1 N–H and O–H groups in total. The van der Waals surface area contributed by atoms with Gasteiger partial charge in [0.15, 0.2) is 0 Å². The van der Waals surface area contributed by atoms with E-state index >= 15 is 0 Å². The molecule has 1 aliphatic rings. The normalized spacial score (nSPS) is 30.6. The van der Waals surface area contributed by atoms with Crippen LogP contribution >= 0.6 is 0 Å². The fourth-order valence-corrected chi connectivity index (χ4v) is 1.65. The van der Waals surface area contributed by atoms with Crippen molar-refractivity contribution in [1.82, 2.24) is 4.90 Å². The Labute approximate surface area is 72.1 Å². The number of carbonyl (C=O) groups is 1. The molecule has 0 amide bonds. The van der Waals surface area contributed by atoms with Crippen LogP contribution in [-0.2, 0) is 9.53 Å². The Morgan fingerprint density at radius 2 is 2.42 bits per heavy atom. The molecule has 0 saturated carbocycles. The molecular formula is C8H15NO3. The van der Waals surface area contributed by atoms with Gasteiger partial charge in [0.25, 0.3) is 0 Å². The Morgan fingerprint density at radius 3 is 2.83 bits per heavy atom. The summed E-state index contributed by atoms with van der Waals surface area (Å²) >= 11 is 0. The average molecular weight is 173 g/mol. The van der Waals surface area contributed by atoms with Crippen LogP contribution in [0.3, 0.4) is 0 Å². The smallest absolute Gasteiger partial charge is 0.323 e. The number of ether oxygens (including phenoxy) is 1. The van der Waals surface area contributed by atoms with E-state index in [-0.39, 0.29) is 24.5 Å². The lowest BCUT2D eigenvalue weighted by molar-refractivity contribution is -0.145. The Kier molecular flexibility index (Phi) is 3.05. The van der Waals surface area contributed by atoms with E-state index in [0.29, 0.717) is 6.42 Å². The third kappa shape index (κ3) is 1.76. The van der Waals surface area contributed by atoms with Crippen LogP contribution in [0.4, 0.5) is 0 Å². The molecule has 0 bridgehead atoms. The third-order valence-electron chi connectivity index (χ3n) is 2.37. The Hall–Kier alpha value is -0.610. The van der Waals surface area contributed by atoms with Crippen molar-refractivity contribution < 1.29 is 14.6 Å². The van der Waals surface area contributed by atoms with Gasteiger partial charge in [0.2, 0.25) is 0 Å². The van der Waals surface area contributed by atoms with Gasteiger partial charge in [-0.1, -0.05) is 0 Å². The molecule has 0 aliphatic carbocycles. The predicted octanol–water partition coefficient (Wildman–Crippen LogP) is -0.528. The minimum atomic E-state index is -0.201. The van der Waals surface area contributed by atoms with Crippen LogP contribution in [0, 0.1) is 5.92 Å². The van der Waals surface area contributed by atoms with E-state index < -0.39 is 0 Å². The zero-order valence-electron chi connectivity index (χ0n) is 7.49. The average Bonchev–Trinajstić information content (AvgIpc) is 2.45. The van der Waals surface area contributed by atoms with Crippen molar-refractivity contribution in [3.8, 4) is 0 Å². The molecule has 1 heterocycles. The summed E-state index contributed by atoms with van der Waals surface area (Å²) in [4.78, 5) is 13.1. The van der Waals surface area contributed by atoms with Crippen LogP contribution in [0.2, 0.25) is 0 Å². The maximum Gasteiger partial charge on any atom is 0.323 e. The molecule has 4 nitrogen and oxygen atoms in total. The molecule has 0 aromatic carbocycles. The monoisotopic (exact) mass is 173 g/mol. The number of nitrogens with zero attached hydrogens (tertiary/aromatic N) is 1. The van der Waals surface area contributed by atoms with Gasteiger partial charge in [-0.05, 0) is 19.4 Å². The first-order valence-corrected chi connectivity index (χ1v) is 4.08. The highest BCUT2D eigenvalue weighted by Crippen LogP contribution is 2.21. The van der Waals surface area contributed by atoms with Gasteiger partial charge in [-0.15, -0.1) is 0 Å². The van der Waals surface area contributed by atoms with Gasteiger partial charge in [0, 0.05) is 13.2 Å². The van der Waals surface area contributed by atoms with E-state index in [2.05, 4.69) is 4.74 Å². The van der Waals surface area contributed by atoms with Crippen molar-refractivity contribution >= 4 is 5.97 Å². The number of methoxy groups -OCH3 is 1. The van der Waals surface area contributed by atoms with Gasteiger partial charge in [-0.3, -0.25) is 9.69 Å². The minimum absolute atomic E-state index is 0.151. The number of aliphatic hydroxyl groups excluding tert-OH is 1. The van der Waals surface area contributed by atoms with Crippen molar-refractivity contribution in [3.63, 3.8) is 0 Å². The van der Waals surface area contributed by atoms with Gasteiger partial charge in [-0.25, -0.2) is 0 Å². The molecule has 70 valence electrons. The third-order valence-corrected chi connectivity index (χ3v) is 2.37. The van der Waals surface area contributed by atoms with Crippen molar-refractivity contribution in [2.45, 2.75) is 12.5 Å². The molecule has 1 rings (SSSR count). The summed E-state index contributed by atoms with van der Waals surface area (Å²) in [6.45, 7) is 0.925. The van der Waals surface area contributed by atoms with E-state index in [0.717, 1.165) is 6.54 Å². The minimum Gasteiger partial charge on any atom is -0.468 e. The second-order valence-electron chi connectivity index (χ2n) is 3.26. The molecule has 1 unspecified atom stereocenters. The van der Waals surface area contributed by atoms with Crippen molar-refractivity contribution in [2.75, 3.05) is 27.3 Å². The van der Waals surface area contributed by atoms with E-state index in [4.69, 9.17) is 5.11 Å². The van der Waals surface area contributed by atoms with E-state index in [1.165, 1.54) is 7.11 Å². The molecule has 0 radical (unpaired) electrons. The van der Waals surface area contributed by atoms with Crippen molar-refractivity contribution in [2.24, 2.45) is 5.92 Å². The number of likely N-dealkylation sites (N-methyl/N-ethyl adjacent to an activating group) is 1. The summed E-state index contributed by atoms with van der Waals surface area (Å²) < 4.78 is 4.64. The van der Waals surface area contributed by atoms with Crippen LogP contribution in [0.25, 0.3) is 0 Å². The molecule has 1 fully saturated rings. The number of carbonyl (C=O) groups excluding carboxylic acids is 1. The Morgan fingerprint density at radius 1 is 1.75 bits per heavy atom. The van der Waals surface area contributed by atoms with Crippen LogP contribution in [0.15, 0.2) is 0 Å². The van der Waals surface area contributed by atoms with E-state index in [9.17, 15) is 4.79 Å². The Bertz CT molecular complexity index is 172. The second kappa shape index (κ2) is 3.87. The topological polar surface area (TPSA) is 49.8 Å². The zero-order valence-corrected chi connectivity index (χ0v) is 7.49. The maximum absolute atomic E-state index is 11.1. The summed E-state index contributed by atoms with van der Waals surface area (Å²) in [7, 11) is 3.26. The largest absolute Gasteiger partial charge is 0.468 e. The van der Waals surface area contributed by atoms with Crippen LogP contribution in [-0.4, -0.2) is 49.3 Å². The first kappa shape index (κ1) is 9.48. The summed E-state index contributed by atoms with van der Waals surface area (Å²) in [5.41, 5.74) is 0. The Balaban J connectivity index is 2.51. The van der Waals surface area contributed by atoms with E-state index in [1.54, 1.807) is 0 Å². The maximum atomic E-state index is 11.1. The fourth-order valence-electron chi connectivity index (χ4n) is 1.65. The molecule has 0 spiro atoms. The van der Waals surface area contributed by atoms with Gasteiger partial charge in [0.1, 0.15) is 6.04 Å². The van der Waals surface area contributed by atoms with Crippen molar-refractivity contribution in [3.05, 3.63) is 0 Å². The molecule has 1 aliphatic heterocycles. The number of hydrogen-bond donors (Lipinski definition) is 1. The standard InChI is InChI=1S/C8H15NO3/c1-9-4-6(5-10)3-7(9)8(11)12-2/h6-7,10H,3-5H2,1-2H3/t6?,7-/m0/s1. The molecular weight excluding hydrogens is 158 g/mol. The highest BCUT2D eigenvalue weighted by molar-refractivity contribution is 5.76. The lowest BCUT2D eigenvalue weighted by Crippen LogP contribution is -2.33. The van der Waals surface area contributed by atoms with Crippen LogP contribution < -0.4 is 0 Å². The van der Waals surface area contributed by atoms with Gasteiger partial charge in [-0.2, -0.15) is 0 Å². The van der Waals surface area contributed by atoms with Gasteiger partial charge < -0.3 is 9.84 Å².